The maximum atomic E-state index is 9.27. The molecule has 1 heterocycles. The van der Waals surface area contributed by atoms with Gasteiger partial charge in [-0.1, -0.05) is 0 Å². The molecule has 3 rings (SSSR count). The minimum Gasteiger partial charge on any atom is -0.508 e. The largest absolute Gasteiger partial charge is 0.508 e. The molecule has 0 saturated heterocycles. The monoisotopic (exact) mass is 246 g/mol. The lowest BCUT2D eigenvalue weighted by Crippen LogP contribution is -2.26. The van der Waals surface area contributed by atoms with E-state index in [1.807, 2.05) is 12.1 Å². The fourth-order valence-electron chi connectivity index (χ4n) is 2.13. The van der Waals surface area contributed by atoms with Gasteiger partial charge in [0.1, 0.15) is 10.8 Å². The first kappa shape index (κ1) is 10.7. The average Bonchev–Trinajstić information content (AvgIpc) is 2.72. The van der Waals surface area contributed by atoms with Crippen molar-refractivity contribution < 1.29 is 5.11 Å². The maximum Gasteiger partial charge on any atom is 0.123 e. The number of benzene rings is 1. The van der Waals surface area contributed by atoms with Crippen molar-refractivity contribution in [1.29, 1.82) is 0 Å². The number of hydrogen-bond donors (Lipinski definition) is 2. The lowest BCUT2D eigenvalue weighted by atomic mass is 9.99. The Morgan fingerprint density at radius 1 is 1.29 bits per heavy atom. The van der Waals surface area contributed by atoms with Crippen molar-refractivity contribution >= 4 is 11.3 Å². The van der Waals surface area contributed by atoms with Crippen LogP contribution in [0.1, 0.15) is 17.0 Å². The number of aromatic hydroxyl groups is 1. The van der Waals surface area contributed by atoms with Crippen molar-refractivity contribution in [2.24, 2.45) is 5.73 Å². The van der Waals surface area contributed by atoms with Gasteiger partial charge in [-0.15, -0.1) is 11.3 Å². The van der Waals surface area contributed by atoms with Gasteiger partial charge in [-0.05, 0) is 43.5 Å². The van der Waals surface area contributed by atoms with Gasteiger partial charge in [0.25, 0.3) is 0 Å². The number of thiazole rings is 1. The molecule has 4 heteroatoms. The van der Waals surface area contributed by atoms with E-state index in [1.54, 1.807) is 23.5 Å². The van der Waals surface area contributed by atoms with Crippen molar-refractivity contribution in [2.45, 2.75) is 25.3 Å². The Hall–Kier alpha value is -1.39. The molecule has 17 heavy (non-hydrogen) atoms. The van der Waals surface area contributed by atoms with Crippen molar-refractivity contribution in [1.82, 2.24) is 4.98 Å². The van der Waals surface area contributed by atoms with Gasteiger partial charge >= 0.3 is 0 Å². The van der Waals surface area contributed by atoms with Crippen LogP contribution in [0.4, 0.5) is 0 Å². The summed E-state index contributed by atoms with van der Waals surface area (Å²) in [5.41, 5.74) is 8.24. The Bertz CT molecular complexity index is 533. The van der Waals surface area contributed by atoms with E-state index < -0.39 is 0 Å². The Kier molecular flexibility index (Phi) is 2.61. The predicted octanol–water partition coefficient (Wildman–Crippen LogP) is 2.33. The fraction of sp³-hybridized carbons (Fsp3) is 0.308. The number of phenols is 1. The normalized spacial score (nSPS) is 19.0. The zero-order valence-corrected chi connectivity index (χ0v) is 10.2. The van der Waals surface area contributed by atoms with Crippen LogP contribution in [0.5, 0.6) is 5.75 Å². The Morgan fingerprint density at radius 3 is 2.82 bits per heavy atom. The Labute approximate surface area is 104 Å². The third-order valence-electron chi connectivity index (χ3n) is 3.09. The molecule has 0 fully saturated rings. The first-order valence-corrected chi connectivity index (χ1v) is 6.57. The number of fused-ring (bicyclic) bond motifs is 1. The number of nitrogens with zero attached hydrogens (tertiary/aromatic N) is 1. The SMILES string of the molecule is NC1CCc2nc(-c3ccc(O)cc3)sc2C1. The molecule has 1 aliphatic carbocycles. The lowest BCUT2D eigenvalue weighted by Gasteiger charge is -2.15. The van der Waals surface area contributed by atoms with Crippen molar-refractivity contribution in [3.05, 3.63) is 34.8 Å². The maximum absolute atomic E-state index is 9.27. The molecule has 0 amide bonds. The van der Waals surface area contributed by atoms with Crippen molar-refractivity contribution in [2.75, 3.05) is 0 Å². The summed E-state index contributed by atoms with van der Waals surface area (Å²) >= 11 is 1.73. The molecule has 1 aromatic carbocycles. The second-order valence-corrected chi connectivity index (χ2v) is 5.52. The Balaban J connectivity index is 1.97. The van der Waals surface area contributed by atoms with Crippen LogP contribution in [0.15, 0.2) is 24.3 Å². The van der Waals surface area contributed by atoms with Crippen LogP contribution in [0.2, 0.25) is 0 Å². The van der Waals surface area contributed by atoms with E-state index in [0.29, 0.717) is 0 Å². The highest BCUT2D eigenvalue weighted by Crippen LogP contribution is 2.32. The molecule has 88 valence electrons. The summed E-state index contributed by atoms with van der Waals surface area (Å²) in [6.07, 6.45) is 2.97. The number of nitrogens with two attached hydrogens (primary N) is 1. The van der Waals surface area contributed by atoms with Gasteiger partial charge in [0, 0.05) is 16.5 Å². The Morgan fingerprint density at radius 2 is 2.06 bits per heavy atom. The van der Waals surface area contributed by atoms with E-state index in [-0.39, 0.29) is 11.8 Å². The van der Waals surface area contributed by atoms with E-state index >= 15 is 0 Å². The highest BCUT2D eigenvalue weighted by Gasteiger charge is 2.20. The van der Waals surface area contributed by atoms with E-state index in [2.05, 4.69) is 4.98 Å². The fourth-order valence-corrected chi connectivity index (χ4v) is 3.33. The van der Waals surface area contributed by atoms with Crippen LogP contribution in [0.25, 0.3) is 10.6 Å². The van der Waals surface area contributed by atoms with Gasteiger partial charge in [-0.3, -0.25) is 0 Å². The molecule has 2 aromatic rings. The first-order valence-electron chi connectivity index (χ1n) is 5.76. The molecule has 1 aliphatic rings. The van der Waals surface area contributed by atoms with Gasteiger partial charge in [0.05, 0.1) is 5.69 Å². The second kappa shape index (κ2) is 4.13. The molecular formula is C13H14N2OS. The molecular weight excluding hydrogens is 232 g/mol. The quantitative estimate of drug-likeness (QED) is 0.812. The standard InChI is InChI=1S/C13H14N2OS/c14-9-3-6-11-12(7-9)17-13(15-11)8-1-4-10(16)5-2-8/h1-2,4-5,9,16H,3,6-7,14H2. The number of phenolic OH excluding ortho intramolecular Hbond substituents is 1. The number of aromatic nitrogens is 1. The summed E-state index contributed by atoms with van der Waals surface area (Å²) in [5.74, 6) is 0.289. The van der Waals surface area contributed by atoms with E-state index in [1.165, 1.54) is 10.6 Å². The van der Waals surface area contributed by atoms with Crippen LogP contribution >= 0.6 is 11.3 Å². The molecule has 0 radical (unpaired) electrons. The van der Waals surface area contributed by atoms with Crippen LogP contribution < -0.4 is 5.73 Å². The highest BCUT2D eigenvalue weighted by molar-refractivity contribution is 7.15. The number of hydrogen-bond acceptors (Lipinski definition) is 4. The molecule has 3 N–H and O–H groups in total. The predicted molar refractivity (Wildman–Crippen MR) is 69.2 cm³/mol. The number of aryl methyl sites for hydroxylation is 1. The van der Waals surface area contributed by atoms with Gasteiger partial charge in [-0.25, -0.2) is 4.98 Å². The summed E-state index contributed by atoms with van der Waals surface area (Å²) in [4.78, 5) is 5.99. The summed E-state index contributed by atoms with van der Waals surface area (Å²) in [6.45, 7) is 0. The average molecular weight is 246 g/mol. The summed E-state index contributed by atoms with van der Waals surface area (Å²) in [6, 6.07) is 7.48. The van der Waals surface area contributed by atoms with Gasteiger partial charge < -0.3 is 10.8 Å². The minimum absolute atomic E-state index is 0.288. The van der Waals surface area contributed by atoms with Gasteiger partial charge in [0.15, 0.2) is 0 Å². The van der Waals surface area contributed by atoms with Crippen LogP contribution in [-0.2, 0) is 12.8 Å². The van der Waals surface area contributed by atoms with Crippen LogP contribution in [-0.4, -0.2) is 16.1 Å². The topological polar surface area (TPSA) is 59.1 Å². The second-order valence-electron chi connectivity index (χ2n) is 4.44. The van der Waals surface area contributed by atoms with E-state index in [0.717, 1.165) is 29.8 Å². The molecule has 0 bridgehead atoms. The summed E-state index contributed by atoms with van der Waals surface area (Å²) in [5, 5.41) is 10.3. The molecule has 0 spiro atoms. The van der Waals surface area contributed by atoms with Crippen LogP contribution in [0, 0.1) is 0 Å². The molecule has 3 nitrogen and oxygen atoms in total. The third kappa shape index (κ3) is 2.06. The lowest BCUT2D eigenvalue weighted by molar-refractivity contribution is 0.475. The van der Waals surface area contributed by atoms with Crippen molar-refractivity contribution in [3.8, 4) is 16.3 Å². The van der Waals surface area contributed by atoms with E-state index in [9.17, 15) is 5.11 Å². The molecule has 1 unspecified atom stereocenters. The van der Waals surface area contributed by atoms with Crippen LogP contribution in [0.3, 0.4) is 0 Å². The molecule has 0 aliphatic heterocycles. The molecule has 1 aromatic heterocycles. The number of rotatable bonds is 1. The highest BCUT2D eigenvalue weighted by atomic mass is 32.1. The van der Waals surface area contributed by atoms with Crippen molar-refractivity contribution in [3.63, 3.8) is 0 Å². The van der Waals surface area contributed by atoms with Gasteiger partial charge in [0.2, 0.25) is 0 Å². The summed E-state index contributed by atoms with van der Waals surface area (Å²) in [7, 11) is 0. The molecule has 0 saturated carbocycles. The minimum atomic E-state index is 0.288. The summed E-state index contributed by atoms with van der Waals surface area (Å²) < 4.78 is 0. The third-order valence-corrected chi connectivity index (χ3v) is 4.26. The zero-order valence-electron chi connectivity index (χ0n) is 9.39. The first-order chi connectivity index (χ1) is 8.22. The molecule has 1 atom stereocenters. The van der Waals surface area contributed by atoms with Gasteiger partial charge in [-0.2, -0.15) is 0 Å². The zero-order chi connectivity index (χ0) is 11.8. The smallest absolute Gasteiger partial charge is 0.123 e. The van der Waals surface area contributed by atoms with E-state index in [4.69, 9.17) is 5.73 Å².